The van der Waals surface area contributed by atoms with Gasteiger partial charge in [0.15, 0.2) is 6.61 Å². The Morgan fingerprint density at radius 1 is 1.18 bits per heavy atom. The van der Waals surface area contributed by atoms with Gasteiger partial charge in [0, 0.05) is 33.5 Å². The number of benzene rings is 2. The van der Waals surface area contributed by atoms with Crippen LogP contribution < -0.4 is 4.74 Å². The van der Waals surface area contributed by atoms with Crippen molar-refractivity contribution >= 4 is 60.8 Å². The predicted octanol–water partition coefficient (Wildman–Crippen LogP) is 5.83. The van der Waals surface area contributed by atoms with E-state index in [1.165, 1.54) is 11.3 Å². The summed E-state index contributed by atoms with van der Waals surface area (Å²) >= 11 is 8.91. The SMILES string of the molecule is CCCN(CCSc1ccc(OCC(=O)O)c(C)c1)S(=O)(=O)c1sc2cc(Cl)ccc2c1C. The molecule has 10 heteroatoms. The van der Waals surface area contributed by atoms with Crippen molar-refractivity contribution in [2.24, 2.45) is 0 Å². The zero-order chi connectivity index (χ0) is 24.2. The maximum atomic E-state index is 13.5. The van der Waals surface area contributed by atoms with Crippen LogP contribution in [0, 0.1) is 13.8 Å². The lowest BCUT2D eigenvalue weighted by atomic mass is 10.2. The van der Waals surface area contributed by atoms with Crippen LogP contribution in [0.5, 0.6) is 5.75 Å². The minimum absolute atomic E-state index is 0.369. The fourth-order valence-electron chi connectivity index (χ4n) is 3.42. The van der Waals surface area contributed by atoms with Gasteiger partial charge in [-0.05, 0) is 67.1 Å². The lowest BCUT2D eigenvalue weighted by Gasteiger charge is -2.21. The van der Waals surface area contributed by atoms with Gasteiger partial charge < -0.3 is 9.84 Å². The molecule has 0 aliphatic rings. The highest BCUT2D eigenvalue weighted by atomic mass is 35.5. The van der Waals surface area contributed by atoms with Crippen LogP contribution in [0.15, 0.2) is 45.5 Å². The number of aliphatic carboxylic acids is 1. The Kier molecular flexibility index (Phi) is 8.69. The van der Waals surface area contributed by atoms with E-state index in [9.17, 15) is 13.2 Å². The molecule has 3 rings (SSSR count). The van der Waals surface area contributed by atoms with Crippen molar-refractivity contribution in [3.63, 3.8) is 0 Å². The molecule has 0 amide bonds. The molecule has 178 valence electrons. The molecule has 3 aromatic rings. The first-order valence-electron chi connectivity index (χ1n) is 10.4. The number of thioether (sulfide) groups is 1. The number of carbonyl (C=O) groups is 1. The van der Waals surface area contributed by atoms with E-state index in [0.717, 1.165) is 26.1 Å². The van der Waals surface area contributed by atoms with Crippen LogP contribution in [0.3, 0.4) is 0 Å². The number of halogens is 1. The number of carboxylic acids is 1. The Labute approximate surface area is 207 Å². The van der Waals surface area contributed by atoms with Crippen molar-refractivity contribution in [1.29, 1.82) is 0 Å². The maximum absolute atomic E-state index is 13.5. The van der Waals surface area contributed by atoms with Crippen molar-refractivity contribution in [3.05, 3.63) is 52.5 Å². The third-order valence-electron chi connectivity index (χ3n) is 5.01. The van der Waals surface area contributed by atoms with Crippen LogP contribution in [0.1, 0.15) is 24.5 Å². The Hall–Kier alpha value is -1.78. The lowest BCUT2D eigenvalue weighted by molar-refractivity contribution is -0.139. The van der Waals surface area contributed by atoms with Gasteiger partial charge in [-0.1, -0.05) is 24.6 Å². The summed E-state index contributed by atoms with van der Waals surface area (Å²) < 4.78 is 35.0. The number of thiophene rings is 1. The molecule has 0 atom stereocenters. The van der Waals surface area contributed by atoms with Crippen LogP contribution in [0.2, 0.25) is 5.02 Å². The van der Waals surface area contributed by atoms with E-state index in [0.29, 0.717) is 40.2 Å². The monoisotopic (exact) mass is 527 g/mol. The number of ether oxygens (including phenoxy) is 1. The highest BCUT2D eigenvalue weighted by molar-refractivity contribution is 7.99. The van der Waals surface area contributed by atoms with Crippen LogP contribution in [0.25, 0.3) is 10.1 Å². The summed E-state index contributed by atoms with van der Waals surface area (Å²) in [6.07, 6.45) is 0.717. The van der Waals surface area contributed by atoms with E-state index in [1.807, 2.05) is 39.0 Å². The van der Waals surface area contributed by atoms with Crippen LogP contribution in [-0.4, -0.2) is 49.2 Å². The minimum atomic E-state index is -3.63. The normalized spacial score (nSPS) is 11.9. The van der Waals surface area contributed by atoms with Gasteiger partial charge in [-0.2, -0.15) is 4.31 Å². The number of fused-ring (bicyclic) bond motifs is 1. The highest BCUT2D eigenvalue weighted by Gasteiger charge is 2.28. The first-order valence-corrected chi connectivity index (χ1v) is 14.0. The highest BCUT2D eigenvalue weighted by Crippen LogP contribution is 2.37. The lowest BCUT2D eigenvalue weighted by Crippen LogP contribution is -2.33. The summed E-state index contributed by atoms with van der Waals surface area (Å²) in [6.45, 7) is 6.09. The third-order valence-corrected chi connectivity index (χ3v) is 9.97. The summed E-state index contributed by atoms with van der Waals surface area (Å²) in [6, 6.07) is 11.0. The van der Waals surface area contributed by atoms with Crippen molar-refractivity contribution in [2.75, 3.05) is 25.4 Å². The summed E-state index contributed by atoms with van der Waals surface area (Å²) in [5.41, 5.74) is 1.59. The van der Waals surface area contributed by atoms with Gasteiger partial charge in [-0.3, -0.25) is 0 Å². The summed E-state index contributed by atoms with van der Waals surface area (Å²) in [5, 5.41) is 10.3. The Bertz CT molecular complexity index is 1260. The van der Waals surface area contributed by atoms with Crippen molar-refractivity contribution < 1.29 is 23.1 Å². The van der Waals surface area contributed by atoms with E-state index in [4.69, 9.17) is 21.4 Å². The van der Waals surface area contributed by atoms with Crippen LogP contribution in [0.4, 0.5) is 0 Å². The molecule has 0 unspecified atom stereocenters. The summed E-state index contributed by atoms with van der Waals surface area (Å²) in [7, 11) is -3.63. The number of carboxylic acid groups (broad SMARTS) is 1. The first kappa shape index (κ1) is 25.8. The van der Waals surface area contributed by atoms with E-state index >= 15 is 0 Å². The second kappa shape index (κ2) is 11.1. The molecule has 0 radical (unpaired) electrons. The number of sulfonamides is 1. The minimum Gasteiger partial charge on any atom is -0.482 e. The number of nitrogens with zero attached hydrogens (tertiary/aromatic N) is 1. The summed E-state index contributed by atoms with van der Waals surface area (Å²) in [4.78, 5) is 11.7. The van der Waals surface area contributed by atoms with E-state index in [-0.39, 0.29) is 6.61 Å². The number of hydrogen-bond donors (Lipinski definition) is 1. The van der Waals surface area contributed by atoms with E-state index in [1.54, 1.807) is 34.3 Å². The van der Waals surface area contributed by atoms with E-state index in [2.05, 4.69) is 0 Å². The van der Waals surface area contributed by atoms with Crippen molar-refractivity contribution in [3.8, 4) is 5.75 Å². The fraction of sp³-hybridized carbons (Fsp3) is 0.348. The Balaban J connectivity index is 1.72. The zero-order valence-corrected chi connectivity index (χ0v) is 21.8. The molecule has 0 saturated carbocycles. The maximum Gasteiger partial charge on any atom is 0.341 e. The van der Waals surface area contributed by atoms with Gasteiger partial charge in [-0.15, -0.1) is 23.1 Å². The number of aryl methyl sites for hydroxylation is 2. The van der Waals surface area contributed by atoms with Gasteiger partial charge in [0.25, 0.3) is 10.0 Å². The smallest absolute Gasteiger partial charge is 0.341 e. The largest absolute Gasteiger partial charge is 0.482 e. The summed E-state index contributed by atoms with van der Waals surface area (Å²) in [5.74, 6) is 0.0864. The Morgan fingerprint density at radius 3 is 2.61 bits per heavy atom. The number of rotatable bonds is 11. The second-order valence-electron chi connectivity index (χ2n) is 7.52. The van der Waals surface area contributed by atoms with Crippen LogP contribution >= 0.6 is 34.7 Å². The predicted molar refractivity (Wildman–Crippen MR) is 136 cm³/mol. The van der Waals surface area contributed by atoms with Gasteiger partial charge in [0.2, 0.25) is 0 Å². The molecule has 1 aromatic heterocycles. The van der Waals surface area contributed by atoms with Gasteiger partial charge in [0.05, 0.1) is 0 Å². The molecule has 1 heterocycles. The first-order chi connectivity index (χ1) is 15.6. The molecule has 2 aromatic carbocycles. The molecule has 1 N–H and O–H groups in total. The average Bonchev–Trinajstić information content (AvgIpc) is 3.08. The van der Waals surface area contributed by atoms with Crippen molar-refractivity contribution in [2.45, 2.75) is 36.3 Å². The molecule has 0 aliphatic carbocycles. The molecule has 0 spiro atoms. The van der Waals surface area contributed by atoms with Gasteiger partial charge in [-0.25, -0.2) is 13.2 Å². The van der Waals surface area contributed by atoms with Gasteiger partial charge in [0.1, 0.15) is 9.96 Å². The molecular weight excluding hydrogens is 502 g/mol. The quantitative estimate of drug-likeness (QED) is 0.316. The average molecular weight is 528 g/mol. The number of hydrogen-bond acceptors (Lipinski definition) is 6. The van der Waals surface area contributed by atoms with E-state index < -0.39 is 16.0 Å². The third kappa shape index (κ3) is 6.22. The molecular formula is C23H26ClNO5S3. The standard InChI is InChI=1S/C23H26ClNO5S3/c1-4-9-25(10-11-31-18-6-8-20(15(2)12-18)30-14-22(26)27)33(28,29)23-16(3)19-7-5-17(24)13-21(19)32-23/h5-8,12-13H,4,9-11,14H2,1-3H3,(H,26,27). The Morgan fingerprint density at radius 2 is 1.94 bits per heavy atom. The zero-order valence-electron chi connectivity index (χ0n) is 18.6. The molecule has 33 heavy (non-hydrogen) atoms. The topological polar surface area (TPSA) is 83.9 Å². The molecule has 6 nitrogen and oxygen atoms in total. The molecule has 0 aliphatic heterocycles. The second-order valence-corrected chi connectivity index (χ2v) is 12.3. The molecule has 0 saturated heterocycles. The molecule has 0 bridgehead atoms. The van der Waals surface area contributed by atoms with Gasteiger partial charge >= 0.3 is 5.97 Å². The van der Waals surface area contributed by atoms with Crippen LogP contribution in [-0.2, 0) is 14.8 Å². The molecule has 0 fully saturated rings. The van der Waals surface area contributed by atoms with Crippen molar-refractivity contribution in [1.82, 2.24) is 4.31 Å². The fourth-order valence-corrected chi connectivity index (χ4v) is 8.22.